The first-order valence-electron chi connectivity index (χ1n) is 10.4. The molecule has 0 aliphatic rings. The molecule has 0 spiro atoms. The zero-order chi connectivity index (χ0) is 24.4. The molecule has 0 saturated carbocycles. The van der Waals surface area contributed by atoms with Crippen molar-refractivity contribution in [2.75, 3.05) is 7.05 Å². The molecule has 3 N–H and O–H groups in total. The van der Waals surface area contributed by atoms with E-state index in [9.17, 15) is 18.4 Å². The minimum Gasteiger partial charge on any atom is -0.364 e. The van der Waals surface area contributed by atoms with Crippen molar-refractivity contribution in [2.45, 2.75) is 19.4 Å². The Morgan fingerprint density at radius 2 is 1.97 bits per heavy atom. The van der Waals surface area contributed by atoms with E-state index >= 15 is 0 Å². The van der Waals surface area contributed by atoms with Crippen molar-refractivity contribution in [1.29, 1.82) is 0 Å². The number of thiazole rings is 1. The first kappa shape index (κ1) is 23.4. The van der Waals surface area contributed by atoms with Gasteiger partial charge in [0.05, 0.1) is 0 Å². The molecule has 0 radical (unpaired) electrons. The summed E-state index contributed by atoms with van der Waals surface area (Å²) in [5.41, 5.74) is 6.55. The summed E-state index contributed by atoms with van der Waals surface area (Å²) in [7, 11) is 1.80. The Labute approximate surface area is 197 Å². The van der Waals surface area contributed by atoms with Crippen molar-refractivity contribution < 1.29 is 13.6 Å². The molecule has 0 fully saturated rings. The van der Waals surface area contributed by atoms with Gasteiger partial charge in [-0.2, -0.15) is 9.78 Å². The van der Waals surface area contributed by atoms with E-state index in [0.717, 1.165) is 15.1 Å². The van der Waals surface area contributed by atoms with Gasteiger partial charge in [0.25, 0.3) is 11.5 Å². The molecule has 4 aromatic rings. The van der Waals surface area contributed by atoms with E-state index in [0.29, 0.717) is 22.7 Å². The number of amides is 1. The molecule has 0 bridgehead atoms. The van der Waals surface area contributed by atoms with Gasteiger partial charge >= 0.3 is 0 Å². The summed E-state index contributed by atoms with van der Waals surface area (Å²) in [6.07, 6.45) is 1.62. The fraction of sp³-hybridized carbons (Fsp3) is 0.167. The second kappa shape index (κ2) is 9.62. The Morgan fingerprint density at radius 1 is 1.21 bits per heavy atom. The second-order valence-corrected chi connectivity index (χ2v) is 8.70. The number of hydrogen-bond donors (Lipinski definition) is 2. The Balaban J connectivity index is 1.77. The average Bonchev–Trinajstić information content (AvgIpc) is 3.30. The Bertz CT molecular complexity index is 1430. The van der Waals surface area contributed by atoms with E-state index in [4.69, 9.17) is 5.73 Å². The first-order chi connectivity index (χ1) is 16.3. The smallest absolute Gasteiger partial charge is 0.271 e. The highest BCUT2D eigenvalue weighted by Crippen LogP contribution is 2.35. The second-order valence-electron chi connectivity index (χ2n) is 7.64. The van der Waals surface area contributed by atoms with Crippen molar-refractivity contribution in [1.82, 2.24) is 20.1 Å². The Kier molecular flexibility index (Phi) is 6.62. The number of nitrogens with one attached hydrogen (secondary N) is 1. The minimum absolute atomic E-state index is 0.0857. The van der Waals surface area contributed by atoms with Crippen molar-refractivity contribution >= 4 is 17.2 Å². The highest BCUT2D eigenvalue weighted by Gasteiger charge is 2.23. The summed E-state index contributed by atoms with van der Waals surface area (Å²) in [5, 5.41) is 7.73. The van der Waals surface area contributed by atoms with Gasteiger partial charge in [-0.1, -0.05) is 25.1 Å². The molecule has 2 heterocycles. The predicted octanol–water partition coefficient (Wildman–Crippen LogP) is 3.60. The Morgan fingerprint density at radius 3 is 2.68 bits per heavy atom. The topological polar surface area (TPSA) is 103 Å². The van der Waals surface area contributed by atoms with E-state index < -0.39 is 23.2 Å². The number of carbonyl (C=O) groups excluding carboxylic acids is 1. The number of benzene rings is 2. The number of para-hydroxylation sites is 1. The number of rotatable bonds is 7. The van der Waals surface area contributed by atoms with Crippen LogP contribution in [0.1, 0.15) is 39.3 Å². The number of halogens is 2. The van der Waals surface area contributed by atoms with Gasteiger partial charge < -0.3 is 11.1 Å². The van der Waals surface area contributed by atoms with Crippen LogP contribution in [0.25, 0.3) is 16.3 Å². The quantitative estimate of drug-likeness (QED) is 0.420. The molecule has 10 heteroatoms. The number of nitrogens with zero attached hydrogens (tertiary/aromatic N) is 3. The molecule has 2 aromatic heterocycles. The monoisotopic (exact) mass is 481 g/mol. The molecular formula is C24H21F2N5O2S. The summed E-state index contributed by atoms with van der Waals surface area (Å²) in [6.45, 7) is 2.32. The SMILES string of the molecule is CNCc1ccc(F)cc1-c1ncc([C@H](C)c2cc(=O)n(-c3ccccc3F)nc2C(N)=O)s1. The molecule has 4 rings (SSSR count). The molecule has 0 aliphatic carbocycles. The molecular weight excluding hydrogens is 460 g/mol. The van der Waals surface area contributed by atoms with Gasteiger partial charge in [-0.15, -0.1) is 11.3 Å². The lowest BCUT2D eigenvalue weighted by atomic mass is 9.98. The van der Waals surface area contributed by atoms with E-state index in [1.165, 1.54) is 47.7 Å². The lowest BCUT2D eigenvalue weighted by Crippen LogP contribution is -2.28. The van der Waals surface area contributed by atoms with Gasteiger partial charge in [-0.05, 0) is 42.4 Å². The standard InChI is InChI=1S/C24H21F2N5O2S/c1-13(20-12-29-24(34-20)17-9-15(25)8-7-14(17)11-28-2)16-10-21(32)31(30-22(16)23(27)33)19-6-4-3-5-18(19)26/h3-10,12-13,28H,11H2,1-2H3,(H2,27,33)/t13-/m1/s1. The summed E-state index contributed by atoms with van der Waals surface area (Å²) < 4.78 is 29.0. The van der Waals surface area contributed by atoms with E-state index in [1.54, 1.807) is 32.3 Å². The van der Waals surface area contributed by atoms with Crippen molar-refractivity contribution in [3.8, 4) is 16.3 Å². The van der Waals surface area contributed by atoms with Gasteiger partial charge in [-0.25, -0.2) is 13.8 Å². The molecule has 1 atom stereocenters. The van der Waals surface area contributed by atoms with Gasteiger partial charge in [0.2, 0.25) is 0 Å². The van der Waals surface area contributed by atoms with Crippen LogP contribution in [0.5, 0.6) is 0 Å². The summed E-state index contributed by atoms with van der Waals surface area (Å²) in [6, 6.07) is 11.4. The Hall–Kier alpha value is -3.76. The summed E-state index contributed by atoms with van der Waals surface area (Å²) >= 11 is 1.31. The highest BCUT2D eigenvalue weighted by atomic mass is 32.1. The van der Waals surface area contributed by atoms with Crippen molar-refractivity contribution in [3.05, 3.63) is 98.4 Å². The third-order valence-corrected chi connectivity index (χ3v) is 6.57. The van der Waals surface area contributed by atoms with Crippen LogP contribution in [-0.2, 0) is 6.54 Å². The normalized spacial score (nSPS) is 12.0. The van der Waals surface area contributed by atoms with Crippen molar-refractivity contribution in [3.63, 3.8) is 0 Å². The highest BCUT2D eigenvalue weighted by molar-refractivity contribution is 7.15. The number of hydrogen-bond acceptors (Lipinski definition) is 6. The predicted molar refractivity (Wildman–Crippen MR) is 126 cm³/mol. The lowest BCUT2D eigenvalue weighted by molar-refractivity contribution is 0.0992. The number of carbonyl (C=O) groups is 1. The maximum atomic E-state index is 14.2. The zero-order valence-electron chi connectivity index (χ0n) is 18.4. The van der Waals surface area contributed by atoms with Gasteiger partial charge in [0.1, 0.15) is 22.3 Å². The van der Waals surface area contributed by atoms with Crippen LogP contribution in [0.15, 0.2) is 59.5 Å². The van der Waals surface area contributed by atoms with Crippen LogP contribution < -0.4 is 16.6 Å². The third kappa shape index (κ3) is 4.50. The fourth-order valence-corrected chi connectivity index (χ4v) is 4.68. The summed E-state index contributed by atoms with van der Waals surface area (Å²) in [5.74, 6) is -2.35. The van der Waals surface area contributed by atoms with Crippen LogP contribution >= 0.6 is 11.3 Å². The molecule has 0 aliphatic heterocycles. The number of aromatic nitrogens is 3. The average molecular weight is 482 g/mol. The first-order valence-corrected chi connectivity index (χ1v) is 11.2. The van der Waals surface area contributed by atoms with E-state index in [2.05, 4.69) is 15.4 Å². The third-order valence-electron chi connectivity index (χ3n) is 5.36. The molecule has 1 amide bonds. The molecule has 2 aromatic carbocycles. The van der Waals surface area contributed by atoms with Crippen molar-refractivity contribution in [2.24, 2.45) is 5.73 Å². The maximum absolute atomic E-state index is 14.2. The molecule has 0 unspecified atom stereocenters. The van der Waals surface area contributed by atoms with E-state index in [-0.39, 0.29) is 17.2 Å². The van der Waals surface area contributed by atoms with Crippen LogP contribution in [0, 0.1) is 11.6 Å². The summed E-state index contributed by atoms with van der Waals surface area (Å²) in [4.78, 5) is 30.2. The van der Waals surface area contributed by atoms with E-state index in [1.807, 2.05) is 0 Å². The molecule has 34 heavy (non-hydrogen) atoms. The number of primary amides is 1. The lowest BCUT2D eigenvalue weighted by Gasteiger charge is -2.14. The molecule has 7 nitrogen and oxygen atoms in total. The van der Waals surface area contributed by atoms with Crippen LogP contribution in [0.3, 0.4) is 0 Å². The molecule has 174 valence electrons. The fourth-order valence-electron chi connectivity index (χ4n) is 3.64. The van der Waals surface area contributed by atoms with Gasteiger partial charge in [0.15, 0.2) is 5.69 Å². The van der Waals surface area contributed by atoms with Gasteiger partial charge in [0, 0.05) is 35.2 Å². The molecule has 0 saturated heterocycles. The zero-order valence-corrected chi connectivity index (χ0v) is 19.2. The maximum Gasteiger partial charge on any atom is 0.271 e. The van der Waals surface area contributed by atoms with Crippen LogP contribution in [0.4, 0.5) is 8.78 Å². The van der Waals surface area contributed by atoms with Gasteiger partial charge in [-0.3, -0.25) is 9.59 Å². The largest absolute Gasteiger partial charge is 0.364 e. The number of nitrogens with two attached hydrogens (primary N) is 1. The van der Waals surface area contributed by atoms with Crippen LogP contribution in [0.2, 0.25) is 0 Å². The van der Waals surface area contributed by atoms with Crippen LogP contribution in [-0.4, -0.2) is 27.7 Å². The minimum atomic E-state index is -0.849.